The number of allylic oxidation sites excluding steroid dienone is 1. The van der Waals surface area contributed by atoms with Crippen molar-refractivity contribution in [1.82, 2.24) is 9.80 Å². The third kappa shape index (κ3) is 9.80. The van der Waals surface area contributed by atoms with Crippen molar-refractivity contribution in [2.75, 3.05) is 20.6 Å². The van der Waals surface area contributed by atoms with Crippen molar-refractivity contribution < 1.29 is 0 Å². The number of aryl methyl sites for hydroxylation is 1. The molecule has 1 saturated carbocycles. The quantitative estimate of drug-likeness (QED) is 0.280. The summed E-state index contributed by atoms with van der Waals surface area (Å²) in [7, 11) is 4.80. The lowest BCUT2D eigenvalue weighted by atomic mass is 9.58. The molecular weight excluding hydrogens is 581 g/mol. The maximum Gasteiger partial charge on any atom is 0.0233 e. The molecule has 12 atom stereocenters. The van der Waals surface area contributed by atoms with Gasteiger partial charge in [0, 0.05) is 25.2 Å². The number of hydrogen-bond donors (Lipinski definition) is 0. The molecule has 0 unspecified atom stereocenters. The maximum atomic E-state index is 4.85. The summed E-state index contributed by atoms with van der Waals surface area (Å²) in [6.07, 6.45) is 7.76. The van der Waals surface area contributed by atoms with Crippen LogP contribution in [0.2, 0.25) is 0 Å². The third-order valence-corrected chi connectivity index (χ3v) is 15.4. The van der Waals surface area contributed by atoms with Gasteiger partial charge >= 0.3 is 0 Å². The number of rotatable bonds is 6. The average Bonchev–Trinajstić information content (AvgIpc) is 3.01. The number of nitrogens with zero attached hydrogens (tertiary/aromatic N) is 2. The minimum Gasteiger partial charge on any atom is -0.303 e. The molecule has 276 valence electrons. The van der Waals surface area contributed by atoms with Crippen LogP contribution in [0.25, 0.3) is 0 Å². The summed E-state index contributed by atoms with van der Waals surface area (Å²) in [6, 6.07) is 10.4. The van der Waals surface area contributed by atoms with E-state index in [1.165, 1.54) is 61.8 Å². The van der Waals surface area contributed by atoms with E-state index in [0.29, 0.717) is 59.4 Å². The van der Waals surface area contributed by atoms with E-state index in [9.17, 15) is 0 Å². The van der Waals surface area contributed by atoms with Crippen LogP contribution in [0.5, 0.6) is 0 Å². The van der Waals surface area contributed by atoms with Gasteiger partial charge in [0.2, 0.25) is 0 Å². The minimum absolute atomic E-state index is 0.266. The van der Waals surface area contributed by atoms with Gasteiger partial charge in [0.05, 0.1) is 0 Å². The molecule has 2 fully saturated rings. The van der Waals surface area contributed by atoms with Crippen molar-refractivity contribution in [3.8, 4) is 0 Å². The van der Waals surface area contributed by atoms with Gasteiger partial charge in [0.25, 0.3) is 0 Å². The Hall–Kier alpha value is -1.12. The molecule has 1 aromatic rings. The average molecular weight is 663 g/mol. The molecule has 1 heterocycles. The highest BCUT2D eigenvalue weighted by Crippen LogP contribution is 2.51. The zero-order valence-electron chi connectivity index (χ0n) is 35.0. The van der Waals surface area contributed by atoms with E-state index in [4.69, 9.17) is 6.58 Å². The van der Waals surface area contributed by atoms with Crippen molar-refractivity contribution in [3.63, 3.8) is 0 Å². The van der Waals surface area contributed by atoms with Crippen LogP contribution < -0.4 is 0 Å². The van der Waals surface area contributed by atoms with Crippen LogP contribution >= 0.6 is 0 Å². The molecule has 2 heteroatoms. The summed E-state index contributed by atoms with van der Waals surface area (Å²) in [5, 5.41) is 0. The molecule has 1 aliphatic carbocycles. The minimum atomic E-state index is 0.266. The van der Waals surface area contributed by atoms with Crippen LogP contribution in [0.4, 0.5) is 0 Å². The van der Waals surface area contributed by atoms with Crippen molar-refractivity contribution in [1.29, 1.82) is 0 Å². The van der Waals surface area contributed by atoms with Gasteiger partial charge in [0.15, 0.2) is 0 Å². The Kier molecular flexibility index (Phi) is 14.6. The first kappa shape index (κ1) is 41.3. The smallest absolute Gasteiger partial charge is 0.0233 e. The molecular formula is C46H82N2. The summed E-state index contributed by atoms with van der Waals surface area (Å²) in [6.45, 7) is 42.6. The molecule has 0 radical (unpaired) electrons. The zero-order chi connectivity index (χ0) is 36.3. The Balaban J connectivity index is 1.95. The van der Waals surface area contributed by atoms with Gasteiger partial charge in [0.1, 0.15) is 0 Å². The summed E-state index contributed by atoms with van der Waals surface area (Å²) in [5.74, 6) is 6.71. The van der Waals surface area contributed by atoms with Crippen LogP contribution in [-0.4, -0.2) is 42.5 Å². The Morgan fingerprint density at radius 2 is 1.46 bits per heavy atom. The molecule has 48 heavy (non-hydrogen) atoms. The van der Waals surface area contributed by atoms with Gasteiger partial charge in [-0.1, -0.05) is 131 Å². The fourth-order valence-electron chi connectivity index (χ4n) is 11.1. The standard InChI is InChI=1S/C46H82N2/c1-18-42-25-33(5)34(6)35(7)36(8)43(45(12,13)27-32(4)28-47(16)39(11)38(10)46(42,14)15)26-41-23-31(3)24-44(37(41)9)48(17)29-40-21-19-30(2)20-22-40/h19-22,31-32,34-39,41-44H,5,18,23-29H2,1-4,6-17H3/t31-,32+,34-,35+,36-,37-,38+,39+,41-,42-,43+,44-/m0/s1. The maximum absolute atomic E-state index is 4.85. The Morgan fingerprint density at radius 1 is 0.854 bits per heavy atom. The van der Waals surface area contributed by atoms with Crippen LogP contribution in [0.3, 0.4) is 0 Å². The topological polar surface area (TPSA) is 6.48 Å². The molecule has 2 aliphatic rings. The predicted octanol–water partition coefficient (Wildman–Crippen LogP) is 12.4. The second-order valence-electron chi connectivity index (χ2n) is 19.6. The summed E-state index contributed by atoms with van der Waals surface area (Å²) >= 11 is 0. The van der Waals surface area contributed by atoms with Gasteiger partial charge in [-0.15, -0.1) is 0 Å². The molecule has 0 spiro atoms. The van der Waals surface area contributed by atoms with Crippen LogP contribution in [0.15, 0.2) is 36.4 Å². The summed E-state index contributed by atoms with van der Waals surface area (Å²) in [5.41, 5.74) is 4.84. The molecule has 0 amide bonds. The molecule has 1 aliphatic heterocycles. The molecule has 0 aromatic heterocycles. The van der Waals surface area contributed by atoms with E-state index in [0.717, 1.165) is 18.4 Å². The van der Waals surface area contributed by atoms with E-state index in [-0.39, 0.29) is 10.8 Å². The fourth-order valence-corrected chi connectivity index (χ4v) is 11.1. The third-order valence-electron chi connectivity index (χ3n) is 15.4. The lowest BCUT2D eigenvalue weighted by Crippen LogP contribution is -2.47. The lowest BCUT2D eigenvalue weighted by molar-refractivity contribution is 0.00425. The molecule has 1 saturated heterocycles. The van der Waals surface area contributed by atoms with Crippen molar-refractivity contribution in [2.24, 2.45) is 70.0 Å². The largest absolute Gasteiger partial charge is 0.303 e. The number of hydrogen-bond acceptors (Lipinski definition) is 2. The molecule has 0 bridgehead atoms. The highest BCUT2D eigenvalue weighted by Gasteiger charge is 2.45. The summed E-state index contributed by atoms with van der Waals surface area (Å²) in [4.78, 5) is 5.40. The SMILES string of the molecule is C=C1C[C@H](CC)C(C)(C)[C@H](C)[C@@H](C)N(C)C[C@H](C)CC(C)(C)[C@H](C[C@@H]2C[C@H](C)C[C@H](N(C)Cc3ccc(C)cc3)[C@H]2C)[C@@H](C)[C@H](C)[C@H]1C. The highest BCUT2D eigenvalue weighted by molar-refractivity contribution is 5.21. The first-order valence-corrected chi connectivity index (χ1v) is 20.3. The van der Waals surface area contributed by atoms with Gasteiger partial charge in [-0.2, -0.15) is 0 Å². The van der Waals surface area contributed by atoms with E-state index in [1.807, 2.05) is 0 Å². The molecule has 1 aromatic carbocycles. The highest BCUT2D eigenvalue weighted by atomic mass is 15.1. The lowest BCUT2D eigenvalue weighted by Gasteiger charge is -2.49. The van der Waals surface area contributed by atoms with Crippen LogP contribution in [-0.2, 0) is 6.54 Å². The second-order valence-corrected chi connectivity index (χ2v) is 19.6. The number of benzene rings is 1. The van der Waals surface area contributed by atoms with Crippen LogP contribution in [0.1, 0.15) is 140 Å². The van der Waals surface area contributed by atoms with E-state index >= 15 is 0 Å². The second kappa shape index (κ2) is 16.9. The Morgan fingerprint density at radius 3 is 2.04 bits per heavy atom. The van der Waals surface area contributed by atoms with Gasteiger partial charge in [-0.25, -0.2) is 0 Å². The monoisotopic (exact) mass is 663 g/mol. The van der Waals surface area contributed by atoms with E-state index < -0.39 is 0 Å². The molecule has 2 nitrogen and oxygen atoms in total. The molecule has 0 N–H and O–H groups in total. The predicted molar refractivity (Wildman–Crippen MR) is 213 cm³/mol. The summed E-state index contributed by atoms with van der Waals surface area (Å²) < 4.78 is 0. The van der Waals surface area contributed by atoms with Crippen molar-refractivity contribution >= 4 is 0 Å². The zero-order valence-corrected chi connectivity index (χ0v) is 35.0. The van der Waals surface area contributed by atoms with Crippen molar-refractivity contribution in [2.45, 2.75) is 154 Å². The van der Waals surface area contributed by atoms with E-state index in [1.54, 1.807) is 0 Å². The Labute approximate surface area is 301 Å². The molecule has 3 rings (SSSR count). The fraction of sp³-hybridized carbons (Fsp3) is 0.826. The van der Waals surface area contributed by atoms with Crippen LogP contribution in [0, 0.1) is 76.9 Å². The van der Waals surface area contributed by atoms with E-state index in [2.05, 4.69) is 145 Å². The first-order valence-electron chi connectivity index (χ1n) is 20.3. The van der Waals surface area contributed by atoms with Gasteiger partial charge in [-0.3, -0.25) is 4.90 Å². The van der Waals surface area contributed by atoms with Crippen molar-refractivity contribution in [3.05, 3.63) is 47.5 Å². The first-order chi connectivity index (χ1) is 22.2. The van der Waals surface area contributed by atoms with Gasteiger partial charge in [-0.05, 0) is 136 Å². The normalized spacial score (nSPS) is 39.1. The Bertz CT molecular complexity index is 1130. The van der Waals surface area contributed by atoms with Gasteiger partial charge < -0.3 is 4.90 Å².